The lowest BCUT2D eigenvalue weighted by Gasteiger charge is -2.06. The number of hydrogen-bond acceptors (Lipinski definition) is 6. The molecule has 0 aliphatic heterocycles. The second-order valence-corrected chi connectivity index (χ2v) is 11.1. The molecular formula is C14H18S6. The van der Waals surface area contributed by atoms with Crippen LogP contribution in [-0.2, 0) is 0 Å². The van der Waals surface area contributed by atoms with E-state index in [-0.39, 0.29) is 0 Å². The summed E-state index contributed by atoms with van der Waals surface area (Å²) in [5, 5.41) is 2.26. The summed E-state index contributed by atoms with van der Waals surface area (Å²) in [5.41, 5.74) is 0. The van der Waals surface area contributed by atoms with Crippen molar-refractivity contribution in [1.82, 2.24) is 0 Å². The van der Waals surface area contributed by atoms with Gasteiger partial charge in [0.1, 0.15) is 0 Å². The van der Waals surface area contributed by atoms with Crippen molar-refractivity contribution in [1.29, 1.82) is 0 Å². The lowest BCUT2D eigenvalue weighted by Crippen LogP contribution is -1.79. The van der Waals surface area contributed by atoms with Gasteiger partial charge in [0, 0.05) is 34.6 Å². The third-order valence-electron chi connectivity index (χ3n) is 2.59. The van der Waals surface area contributed by atoms with Crippen LogP contribution in [0.1, 0.15) is 9.75 Å². The summed E-state index contributed by atoms with van der Waals surface area (Å²) < 4.78 is 0. The monoisotopic (exact) mass is 378 g/mol. The first-order valence-corrected chi connectivity index (χ1v) is 12.5. The highest BCUT2D eigenvalue weighted by Crippen LogP contribution is 2.49. The van der Waals surface area contributed by atoms with Crippen LogP contribution >= 0.6 is 69.7 Å². The van der Waals surface area contributed by atoms with E-state index in [0.29, 0.717) is 0 Å². The molecule has 0 aromatic carbocycles. The quantitative estimate of drug-likeness (QED) is 0.378. The SMILES string of the molecule is CSCSc1c(C)sc(-c2ccc(C)s2)c1SCSC. The predicted molar refractivity (Wildman–Crippen MR) is 106 cm³/mol. The minimum atomic E-state index is 1.13. The predicted octanol–water partition coefficient (Wildman–Crippen LogP) is 6.92. The number of thioether (sulfide) groups is 4. The van der Waals surface area contributed by atoms with Crippen LogP contribution in [0, 0.1) is 13.8 Å². The molecule has 2 heterocycles. The van der Waals surface area contributed by atoms with Crippen molar-refractivity contribution in [2.24, 2.45) is 0 Å². The molecule has 0 radical (unpaired) electrons. The number of aryl methyl sites for hydroxylation is 2. The van der Waals surface area contributed by atoms with Gasteiger partial charge in [0.05, 0.1) is 4.88 Å². The zero-order chi connectivity index (χ0) is 14.5. The van der Waals surface area contributed by atoms with Crippen molar-refractivity contribution in [3.63, 3.8) is 0 Å². The van der Waals surface area contributed by atoms with E-state index in [4.69, 9.17) is 0 Å². The minimum absolute atomic E-state index is 1.13. The lowest BCUT2D eigenvalue weighted by molar-refractivity contribution is 1.27. The molecule has 0 nitrogen and oxygen atoms in total. The van der Waals surface area contributed by atoms with Gasteiger partial charge in [0.25, 0.3) is 0 Å². The summed E-state index contributed by atoms with van der Waals surface area (Å²) in [6.07, 6.45) is 4.35. The maximum absolute atomic E-state index is 2.28. The maximum atomic E-state index is 2.28. The second-order valence-electron chi connectivity index (χ2n) is 4.16. The highest BCUT2D eigenvalue weighted by molar-refractivity contribution is 8.17. The number of thiophene rings is 2. The van der Waals surface area contributed by atoms with E-state index in [1.807, 2.05) is 69.7 Å². The highest BCUT2D eigenvalue weighted by atomic mass is 32.2. The molecule has 0 saturated carbocycles. The normalized spacial score (nSPS) is 11.2. The van der Waals surface area contributed by atoms with Crippen LogP contribution in [0.3, 0.4) is 0 Å². The molecule has 0 aliphatic rings. The van der Waals surface area contributed by atoms with Crippen molar-refractivity contribution < 1.29 is 0 Å². The standard InChI is InChI=1S/C14H18S6/c1-9-5-6-11(19-9)13-14(18-8-16-4)12(10(2)20-13)17-7-15-3/h5-6H,7-8H2,1-4H3. The van der Waals surface area contributed by atoms with Gasteiger partial charge < -0.3 is 0 Å². The van der Waals surface area contributed by atoms with Gasteiger partial charge in [0.2, 0.25) is 0 Å². The fraction of sp³-hybridized carbons (Fsp3) is 0.429. The van der Waals surface area contributed by atoms with Crippen molar-refractivity contribution in [2.45, 2.75) is 23.6 Å². The van der Waals surface area contributed by atoms with Gasteiger partial charge in [-0.1, -0.05) is 0 Å². The maximum Gasteiger partial charge on any atom is 0.0593 e. The molecular weight excluding hydrogens is 361 g/mol. The average molecular weight is 379 g/mol. The Kier molecular flexibility index (Phi) is 7.24. The molecule has 0 amide bonds. The van der Waals surface area contributed by atoms with Crippen LogP contribution in [0.4, 0.5) is 0 Å². The molecule has 0 fully saturated rings. The summed E-state index contributed by atoms with van der Waals surface area (Å²) in [5.74, 6) is 0. The van der Waals surface area contributed by atoms with Gasteiger partial charge in [-0.3, -0.25) is 0 Å². The zero-order valence-electron chi connectivity index (χ0n) is 12.0. The van der Waals surface area contributed by atoms with E-state index < -0.39 is 0 Å². The van der Waals surface area contributed by atoms with Gasteiger partial charge >= 0.3 is 0 Å². The Morgan fingerprint density at radius 2 is 1.55 bits per heavy atom. The molecule has 2 aromatic rings. The Bertz CT molecular complexity index is 554. The lowest BCUT2D eigenvalue weighted by atomic mass is 10.3. The fourth-order valence-electron chi connectivity index (χ4n) is 1.76. The third-order valence-corrected chi connectivity index (χ3v) is 9.59. The van der Waals surface area contributed by atoms with Crippen molar-refractivity contribution >= 4 is 69.7 Å². The van der Waals surface area contributed by atoms with Gasteiger partial charge in [-0.15, -0.1) is 46.2 Å². The molecule has 20 heavy (non-hydrogen) atoms. The first kappa shape index (κ1) is 17.2. The molecule has 0 saturated heterocycles. The third kappa shape index (κ3) is 4.17. The van der Waals surface area contributed by atoms with E-state index in [2.05, 4.69) is 38.5 Å². The smallest absolute Gasteiger partial charge is 0.0593 e. The molecule has 110 valence electrons. The van der Waals surface area contributed by atoms with Crippen molar-refractivity contribution in [3.05, 3.63) is 21.9 Å². The summed E-state index contributed by atoms with van der Waals surface area (Å²) in [6, 6.07) is 4.50. The summed E-state index contributed by atoms with van der Waals surface area (Å²) >= 11 is 11.7. The van der Waals surface area contributed by atoms with Crippen LogP contribution in [0.25, 0.3) is 9.75 Å². The van der Waals surface area contributed by atoms with E-state index in [9.17, 15) is 0 Å². The molecule has 0 aliphatic carbocycles. The second kappa shape index (κ2) is 8.44. The summed E-state index contributed by atoms with van der Waals surface area (Å²) in [7, 11) is 0. The molecule has 0 atom stereocenters. The first-order valence-electron chi connectivity index (χ1n) is 6.11. The number of hydrogen-bond donors (Lipinski definition) is 0. The van der Waals surface area contributed by atoms with Gasteiger partial charge in [-0.2, -0.15) is 23.5 Å². The van der Waals surface area contributed by atoms with E-state index >= 15 is 0 Å². The van der Waals surface area contributed by atoms with Gasteiger partial charge in [-0.05, 0) is 38.5 Å². The zero-order valence-corrected chi connectivity index (χ0v) is 16.9. The Balaban J connectivity index is 2.39. The minimum Gasteiger partial charge on any atom is -0.154 e. The van der Waals surface area contributed by atoms with Crippen molar-refractivity contribution in [3.8, 4) is 9.75 Å². The molecule has 6 heteroatoms. The summed E-state index contributed by atoms with van der Waals surface area (Å²) in [6.45, 7) is 4.45. The van der Waals surface area contributed by atoms with E-state index in [0.717, 1.165) is 10.2 Å². The van der Waals surface area contributed by atoms with E-state index in [1.165, 1.54) is 29.3 Å². The largest absolute Gasteiger partial charge is 0.154 e. The molecule has 2 aromatic heterocycles. The molecule has 0 spiro atoms. The van der Waals surface area contributed by atoms with Crippen LogP contribution in [0.2, 0.25) is 0 Å². The number of rotatable bonds is 7. The Morgan fingerprint density at radius 1 is 0.900 bits per heavy atom. The van der Waals surface area contributed by atoms with Crippen LogP contribution in [-0.4, -0.2) is 22.7 Å². The van der Waals surface area contributed by atoms with Crippen LogP contribution < -0.4 is 0 Å². The topological polar surface area (TPSA) is 0 Å². The Labute approximate surface area is 146 Å². The molecule has 0 unspecified atom stereocenters. The van der Waals surface area contributed by atoms with Gasteiger partial charge in [0.15, 0.2) is 0 Å². The van der Waals surface area contributed by atoms with Crippen LogP contribution in [0.15, 0.2) is 21.9 Å². The fourth-order valence-corrected chi connectivity index (χ4v) is 7.69. The Hall–Kier alpha value is 0.800. The highest BCUT2D eigenvalue weighted by Gasteiger charge is 2.18. The average Bonchev–Trinajstić information content (AvgIpc) is 2.98. The summed E-state index contributed by atoms with van der Waals surface area (Å²) in [4.78, 5) is 8.77. The molecule has 0 bridgehead atoms. The van der Waals surface area contributed by atoms with Crippen LogP contribution in [0.5, 0.6) is 0 Å². The molecule has 2 rings (SSSR count). The first-order chi connectivity index (χ1) is 9.67. The van der Waals surface area contributed by atoms with Crippen molar-refractivity contribution in [2.75, 3.05) is 22.7 Å². The van der Waals surface area contributed by atoms with E-state index in [1.54, 1.807) is 0 Å². The Morgan fingerprint density at radius 3 is 2.10 bits per heavy atom. The molecule has 0 N–H and O–H groups in total. The van der Waals surface area contributed by atoms with Gasteiger partial charge in [-0.25, -0.2) is 0 Å².